The fourth-order valence-corrected chi connectivity index (χ4v) is 5.78. The van der Waals surface area contributed by atoms with Crippen molar-refractivity contribution in [3.05, 3.63) is 81.4 Å². The number of carboxylic acids is 1. The number of hydrogen-bond donors (Lipinski definition) is 1. The molecule has 2 fully saturated rings. The molecule has 2 heterocycles. The van der Waals surface area contributed by atoms with E-state index in [1.807, 2.05) is 12.1 Å². The van der Waals surface area contributed by atoms with E-state index in [9.17, 15) is 14.3 Å². The Balaban J connectivity index is 1.47. The number of carboxylic acid groups (broad SMARTS) is 1. The number of carbonyl (C=O) groups is 1. The Hall–Kier alpha value is -2.76. The third-order valence-electron chi connectivity index (χ3n) is 7.58. The Morgan fingerprint density at radius 1 is 1.09 bits per heavy atom. The fourth-order valence-electron chi connectivity index (χ4n) is 5.78. The number of alkyl halides is 1. The molecule has 0 unspecified atom stereocenters. The van der Waals surface area contributed by atoms with Crippen molar-refractivity contribution < 1.29 is 19.0 Å². The van der Waals surface area contributed by atoms with E-state index < -0.39 is 5.97 Å². The molecule has 5 heteroatoms. The van der Waals surface area contributed by atoms with Crippen molar-refractivity contribution in [2.75, 3.05) is 39.5 Å². The van der Waals surface area contributed by atoms with E-state index in [2.05, 4.69) is 35.2 Å². The molecule has 0 radical (unpaired) electrons. The summed E-state index contributed by atoms with van der Waals surface area (Å²) in [6.07, 6.45) is 7.93. The second-order valence-corrected chi connectivity index (χ2v) is 10.00. The number of halogens is 1. The number of aryl methyl sites for hydroxylation is 1. The van der Waals surface area contributed by atoms with Crippen LogP contribution in [0.2, 0.25) is 0 Å². The molecule has 2 aliphatic heterocycles. The first-order chi connectivity index (χ1) is 17.1. The molecular formula is C30H34FNO3. The number of likely N-dealkylation sites (tertiary alicyclic amines) is 1. The molecule has 4 nitrogen and oxygen atoms in total. The minimum Gasteiger partial charge on any atom is -0.478 e. The second kappa shape index (κ2) is 10.9. The van der Waals surface area contributed by atoms with Crippen LogP contribution in [-0.2, 0) is 11.2 Å². The van der Waals surface area contributed by atoms with Crippen LogP contribution in [-0.4, -0.2) is 55.5 Å². The Labute approximate surface area is 207 Å². The number of rotatable bonds is 7. The number of hydrogen-bond acceptors (Lipinski definition) is 3. The maximum Gasteiger partial charge on any atom is 0.335 e. The van der Waals surface area contributed by atoms with E-state index in [4.69, 9.17) is 4.74 Å². The summed E-state index contributed by atoms with van der Waals surface area (Å²) in [6.45, 7) is 4.06. The fraction of sp³-hybridized carbons (Fsp3) is 0.433. The molecule has 0 aromatic heterocycles. The van der Waals surface area contributed by atoms with Gasteiger partial charge in [0.2, 0.25) is 0 Å². The van der Waals surface area contributed by atoms with Gasteiger partial charge in [0.05, 0.1) is 12.2 Å². The molecule has 0 amide bonds. The lowest BCUT2D eigenvalue weighted by Crippen LogP contribution is -2.40. The van der Waals surface area contributed by atoms with Crippen molar-refractivity contribution in [2.24, 2.45) is 5.92 Å². The smallest absolute Gasteiger partial charge is 0.335 e. The largest absolute Gasteiger partial charge is 0.478 e. The maximum absolute atomic E-state index is 12.4. The standard InChI is InChI=1S/C30H34FNO3/c31-13-2-14-32-19-22(20-32)17-21-5-7-24(8-6-21)29-27(23-11-15-35-16-12-23)4-1-3-25-18-26(30(33)34)9-10-28(25)29/h5-10,17-18,23H,1-4,11-16,19-20H2,(H,33,34). The van der Waals surface area contributed by atoms with Crippen LogP contribution in [0.25, 0.3) is 11.6 Å². The molecule has 0 atom stereocenters. The van der Waals surface area contributed by atoms with Crippen molar-refractivity contribution in [3.63, 3.8) is 0 Å². The lowest BCUT2D eigenvalue weighted by Gasteiger charge is -2.33. The highest BCUT2D eigenvalue weighted by atomic mass is 19.1. The van der Waals surface area contributed by atoms with Gasteiger partial charge in [-0.2, -0.15) is 0 Å². The number of benzene rings is 2. The molecule has 0 saturated carbocycles. The Bertz CT molecular complexity index is 1120. The quantitative estimate of drug-likeness (QED) is 0.533. The summed E-state index contributed by atoms with van der Waals surface area (Å²) in [5.41, 5.74) is 9.26. The SMILES string of the molecule is O=C(O)c1ccc2c(c1)CCCC(C1CCOCC1)=C2c1ccc(C=C2CN(CCCF)C2)cc1. The molecule has 184 valence electrons. The van der Waals surface area contributed by atoms with E-state index >= 15 is 0 Å². The van der Waals surface area contributed by atoms with E-state index in [1.54, 1.807) is 6.07 Å². The average Bonchev–Trinajstić information content (AvgIpc) is 3.05. The minimum atomic E-state index is -0.871. The summed E-state index contributed by atoms with van der Waals surface area (Å²) in [5.74, 6) is -0.361. The van der Waals surface area contributed by atoms with Crippen molar-refractivity contribution in [3.8, 4) is 0 Å². The molecule has 0 spiro atoms. The van der Waals surface area contributed by atoms with Crippen molar-refractivity contribution >= 4 is 17.6 Å². The summed E-state index contributed by atoms with van der Waals surface area (Å²) >= 11 is 0. The summed E-state index contributed by atoms with van der Waals surface area (Å²) in [6, 6.07) is 14.5. The van der Waals surface area contributed by atoms with Crippen LogP contribution in [0.4, 0.5) is 4.39 Å². The van der Waals surface area contributed by atoms with Crippen LogP contribution in [0.3, 0.4) is 0 Å². The molecule has 5 rings (SSSR count). The topological polar surface area (TPSA) is 49.8 Å². The maximum atomic E-state index is 12.4. The summed E-state index contributed by atoms with van der Waals surface area (Å²) in [7, 11) is 0. The van der Waals surface area contributed by atoms with Crippen LogP contribution >= 0.6 is 0 Å². The molecule has 2 saturated heterocycles. The molecule has 1 N–H and O–H groups in total. The zero-order valence-electron chi connectivity index (χ0n) is 20.3. The molecule has 1 aliphatic carbocycles. The van der Waals surface area contributed by atoms with Gasteiger partial charge in [0.15, 0.2) is 0 Å². The third kappa shape index (κ3) is 5.41. The van der Waals surface area contributed by atoms with E-state index in [-0.39, 0.29) is 6.67 Å². The van der Waals surface area contributed by atoms with Crippen LogP contribution < -0.4 is 0 Å². The number of aromatic carboxylic acids is 1. The average molecular weight is 476 g/mol. The number of fused-ring (bicyclic) bond motifs is 1. The highest BCUT2D eigenvalue weighted by molar-refractivity contribution is 5.90. The van der Waals surface area contributed by atoms with Gasteiger partial charge in [-0.15, -0.1) is 0 Å². The highest BCUT2D eigenvalue weighted by Gasteiger charge is 2.26. The van der Waals surface area contributed by atoms with Crippen LogP contribution in [0.15, 0.2) is 53.6 Å². The highest BCUT2D eigenvalue weighted by Crippen LogP contribution is 2.41. The predicted octanol–water partition coefficient (Wildman–Crippen LogP) is 6.01. The van der Waals surface area contributed by atoms with E-state index in [0.717, 1.165) is 70.5 Å². The van der Waals surface area contributed by atoms with Crippen LogP contribution in [0.1, 0.15) is 64.7 Å². The molecule has 2 aromatic rings. The van der Waals surface area contributed by atoms with Gasteiger partial charge >= 0.3 is 5.97 Å². The van der Waals surface area contributed by atoms with Crippen molar-refractivity contribution in [1.82, 2.24) is 4.90 Å². The predicted molar refractivity (Wildman–Crippen MR) is 137 cm³/mol. The normalized spacial score (nSPS) is 19.2. The monoisotopic (exact) mass is 475 g/mol. The lowest BCUT2D eigenvalue weighted by atomic mass is 9.81. The third-order valence-corrected chi connectivity index (χ3v) is 7.58. The number of ether oxygens (including phenoxy) is 1. The Morgan fingerprint density at radius 3 is 2.57 bits per heavy atom. The summed E-state index contributed by atoms with van der Waals surface area (Å²) in [5, 5.41) is 9.53. The van der Waals surface area contributed by atoms with Crippen molar-refractivity contribution in [2.45, 2.75) is 38.5 Å². The first-order valence-corrected chi connectivity index (χ1v) is 12.9. The molecule has 0 bridgehead atoms. The van der Waals surface area contributed by atoms with Gasteiger partial charge in [-0.3, -0.25) is 9.29 Å². The number of allylic oxidation sites excluding steroid dienone is 1. The molecular weight excluding hydrogens is 441 g/mol. The molecule has 3 aliphatic rings. The second-order valence-electron chi connectivity index (χ2n) is 10.00. The van der Waals surface area contributed by atoms with Gasteiger partial charge in [0.1, 0.15) is 0 Å². The first kappa shape index (κ1) is 24.0. The first-order valence-electron chi connectivity index (χ1n) is 12.9. The van der Waals surface area contributed by atoms with Gasteiger partial charge in [0.25, 0.3) is 0 Å². The van der Waals surface area contributed by atoms with Gasteiger partial charge in [-0.1, -0.05) is 42.0 Å². The molecule has 35 heavy (non-hydrogen) atoms. The van der Waals surface area contributed by atoms with Crippen LogP contribution in [0, 0.1) is 5.92 Å². The number of nitrogens with zero attached hydrogens (tertiary/aromatic N) is 1. The zero-order chi connectivity index (χ0) is 24.2. The van der Waals surface area contributed by atoms with Crippen LogP contribution in [0.5, 0.6) is 0 Å². The van der Waals surface area contributed by atoms with Crippen molar-refractivity contribution in [1.29, 1.82) is 0 Å². The molecule has 2 aromatic carbocycles. The van der Waals surface area contributed by atoms with Gasteiger partial charge in [-0.05, 0) is 90.0 Å². The minimum absolute atomic E-state index is 0.247. The summed E-state index contributed by atoms with van der Waals surface area (Å²) < 4.78 is 18.0. The Morgan fingerprint density at radius 2 is 1.86 bits per heavy atom. The Kier molecular flexibility index (Phi) is 7.45. The van der Waals surface area contributed by atoms with Gasteiger partial charge in [0, 0.05) is 32.8 Å². The van der Waals surface area contributed by atoms with Gasteiger partial charge in [-0.25, -0.2) is 4.79 Å². The van der Waals surface area contributed by atoms with Gasteiger partial charge < -0.3 is 9.84 Å². The van der Waals surface area contributed by atoms with E-state index in [0.29, 0.717) is 17.9 Å². The zero-order valence-corrected chi connectivity index (χ0v) is 20.3. The lowest BCUT2D eigenvalue weighted by molar-refractivity contribution is 0.0696. The van der Waals surface area contributed by atoms with E-state index in [1.165, 1.54) is 33.4 Å². The summed E-state index contributed by atoms with van der Waals surface area (Å²) in [4.78, 5) is 13.9.